The third-order valence-electron chi connectivity index (χ3n) is 7.79. The molecule has 1 aliphatic heterocycles. The average Bonchev–Trinajstić information content (AvgIpc) is 3.05. The fraction of sp³-hybridized carbons (Fsp3) is 0.730. The number of aliphatic hydroxyl groups excluding tert-OH is 4. The lowest BCUT2D eigenvalue weighted by Gasteiger charge is -2.39. The molecule has 0 aromatic heterocycles. The maximum Gasteiger partial charge on any atom is 0.306 e. The van der Waals surface area contributed by atoms with Gasteiger partial charge in [-0.05, 0) is 44.9 Å². The normalized spacial score (nSPS) is 22.6. The van der Waals surface area contributed by atoms with Crippen LogP contribution in [-0.2, 0) is 28.5 Å². The molecule has 1 aliphatic rings. The molecule has 47 heavy (non-hydrogen) atoms. The van der Waals surface area contributed by atoms with Crippen LogP contribution in [0.5, 0.6) is 0 Å². The molecule has 1 fully saturated rings. The Morgan fingerprint density at radius 2 is 1.23 bits per heavy atom. The second-order valence-corrected chi connectivity index (χ2v) is 12.0. The number of aliphatic hydroxyl groups is 4. The van der Waals surface area contributed by atoms with Crippen molar-refractivity contribution < 1.29 is 49.0 Å². The molecule has 6 atom stereocenters. The number of allylic oxidation sites excluding steroid dienone is 8. The predicted octanol–water partition coefficient (Wildman–Crippen LogP) is 5.76. The Balaban J connectivity index is 2.08. The molecule has 4 N–H and O–H groups in total. The van der Waals surface area contributed by atoms with Crippen LogP contribution in [0.15, 0.2) is 48.6 Å². The lowest BCUT2D eigenvalue weighted by Crippen LogP contribution is -2.59. The van der Waals surface area contributed by atoms with Gasteiger partial charge in [0.15, 0.2) is 12.4 Å². The fourth-order valence-electron chi connectivity index (χ4n) is 5.02. The molecule has 270 valence electrons. The number of hydrogen-bond acceptors (Lipinski definition) is 10. The molecule has 1 rings (SSSR count). The fourth-order valence-corrected chi connectivity index (χ4v) is 5.02. The zero-order valence-corrected chi connectivity index (χ0v) is 28.8. The second-order valence-electron chi connectivity index (χ2n) is 12.0. The number of carbonyl (C=O) groups is 2. The van der Waals surface area contributed by atoms with Crippen LogP contribution < -0.4 is 0 Å². The van der Waals surface area contributed by atoms with Gasteiger partial charge in [0.25, 0.3) is 0 Å². The molecule has 1 saturated heterocycles. The molecule has 0 aromatic carbocycles. The van der Waals surface area contributed by atoms with E-state index in [-0.39, 0.29) is 19.6 Å². The van der Waals surface area contributed by atoms with E-state index in [1.807, 2.05) is 0 Å². The molecule has 10 heteroatoms. The van der Waals surface area contributed by atoms with Gasteiger partial charge in [-0.25, -0.2) is 0 Å². The molecule has 0 radical (unpaired) electrons. The van der Waals surface area contributed by atoms with Crippen molar-refractivity contribution in [3.05, 3.63) is 48.6 Å². The van der Waals surface area contributed by atoms with E-state index in [0.717, 1.165) is 51.4 Å². The van der Waals surface area contributed by atoms with E-state index < -0.39 is 55.4 Å². The smallest absolute Gasteiger partial charge is 0.306 e. The molecule has 0 saturated carbocycles. The Morgan fingerprint density at radius 3 is 1.79 bits per heavy atom. The lowest BCUT2D eigenvalue weighted by molar-refractivity contribution is -0.305. The summed E-state index contributed by atoms with van der Waals surface area (Å²) in [7, 11) is 0. The first kappa shape index (κ1) is 42.7. The summed E-state index contributed by atoms with van der Waals surface area (Å²) < 4.78 is 21.2. The van der Waals surface area contributed by atoms with Gasteiger partial charge in [-0.15, -0.1) is 0 Å². The Bertz CT molecular complexity index is 913. The lowest BCUT2D eigenvalue weighted by atomic mass is 9.99. The van der Waals surface area contributed by atoms with Gasteiger partial charge in [-0.1, -0.05) is 107 Å². The van der Waals surface area contributed by atoms with Crippen LogP contribution in [0, 0.1) is 0 Å². The highest BCUT2D eigenvalue weighted by molar-refractivity contribution is 5.69. The minimum Gasteiger partial charge on any atom is -0.462 e. The van der Waals surface area contributed by atoms with Gasteiger partial charge in [0.05, 0.1) is 13.2 Å². The number of hydrogen-bond donors (Lipinski definition) is 4. The molecule has 0 amide bonds. The van der Waals surface area contributed by atoms with Crippen LogP contribution in [0.3, 0.4) is 0 Å². The third-order valence-corrected chi connectivity index (χ3v) is 7.79. The van der Waals surface area contributed by atoms with Crippen molar-refractivity contribution in [3.63, 3.8) is 0 Å². The van der Waals surface area contributed by atoms with E-state index in [4.69, 9.17) is 18.9 Å². The summed E-state index contributed by atoms with van der Waals surface area (Å²) in [6.45, 7) is 2.25. The van der Waals surface area contributed by atoms with Crippen LogP contribution in [-0.4, -0.2) is 89.0 Å². The summed E-state index contributed by atoms with van der Waals surface area (Å²) in [5.74, 6) is -1.01. The Hall–Kier alpha value is -2.34. The van der Waals surface area contributed by atoms with Crippen LogP contribution in [0.4, 0.5) is 0 Å². The van der Waals surface area contributed by atoms with Crippen molar-refractivity contribution in [1.29, 1.82) is 0 Å². The molecular weight excluding hydrogens is 604 g/mol. The average molecular weight is 667 g/mol. The van der Waals surface area contributed by atoms with Crippen molar-refractivity contribution in [2.45, 2.75) is 153 Å². The maximum atomic E-state index is 12.4. The summed E-state index contributed by atoms with van der Waals surface area (Å²) in [6.07, 6.45) is 26.4. The molecule has 1 heterocycles. The van der Waals surface area contributed by atoms with Crippen LogP contribution in [0.25, 0.3) is 0 Å². The predicted molar refractivity (Wildman–Crippen MR) is 182 cm³/mol. The second kappa shape index (κ2) is 28.7. The first-order chi connectivity index (χ1) is 22.8. The molecule has 6 unspecified atom stereocenters. The van der Waals surface area contributed by atoms with Crippen LogP contribution in [0.2, 0.25) is 0 Å². The van der Waals surface area contributed by atoms with Crippen molar-refractivity contribution in [3.8, 4) is 0 Å². The largest absolute Gasteiger partial charge is 0.462 e. The van der Waals surface area contributed by atoms with Crippen molar-refractivity contribution in [2.24, 2.45) is 0 Å². The molecule has 0 spiro atoms. The monoisotopic (exact) mass is 666 g/mol. The third kappa shape index (κ3) is 22.0. The van der Waals surface area contributed by atoms with Crippen LogP contribution in [0.1, 0.15) is 117 Å². The summed E-state index contributed by atoms with van der Waals surface area (Å²) in [4.78, 5) is 23.7. The van der Waals surface area contributed by atoms with E-state index in [0.29, 0.717) is 6.42 Å². The van der Waals surface area contributed by atoms with Gasteiger partial charge in [-0.2, -0.15) is 0 Å². The Kier molecular flexibility index (Phi) is 26.0. The highest BCUT2D eigenvalue weighted by atomic mass is 16.7. The van der Waals surface area contributed by atoms with E-state index in [9.17, 15) is 30.0 Å². The van der Waals surface area contributed by atoms with Gasteiger partial charge in [0.2, 0.25) is 0 Å². The Labute approximate surface area is 282 Å². The van der Waals surface area contributed by atoms with Gasteiger partial charge in [-0.3, -0.25) is 9.59 Å². The van der Waals surface area contributed by atoms with Gasteiger partial charge in [0, 0.05) is 13.3 Å². The highest BCUT2D eigenvalue weighted by Crippen LogP contribution is 2.22. The molecule has 0 bridgehead atoms. The quantitative estimate of drug-likeness (QED) is 0.0484. The zero-order chi connectivity index (χ0) is 34.5. The van der Waals surface area contributed by atoms with Crippen molar-refractivity contribution in [1.82, 2.24) is 0 Å². The summed E-state index contributed by atoms with van der Waals surface area (Å²) in [6, 6.07) is 0. The number of carbonyl (C=O) groups excluding carboxylic acids is 2. The first-order valence-corrected chi connectivity index (χ1v) is 17.6. The van der Waals surface area contributed by atoms with Gasteiger partial charge in [0.1, 0.15) is 31.0 Å². The zero-order valence-electron chi connectivity index (χ0n) is 28.8. The van der Waals surface area contributed by atoms with Crippen LogP contribution >= 0.6 is 0 Å². The van der Waals surface area contributed by atoms with E-state index in [1.165, 1.54) is 45.4 Å². The van der Waals surface area contributed by atoms with E-state index in [1.54, 1.807) is 0 Å². The minimum atomic E-state index is -1.59. The first-order valence-electron chi connectivity index (χ1n) is 17.6. The SMILES string of the molecule is CC/C=C\C/C=C\C/C=C\C/C=C\CCCCCCCCCCCCC(=O)OC(COC(C)=O)COC1OC(CO)C(O)C(O)C1O. The number of esters is 2. The highest BCUT2D eigenvalue weighted by Gasteiger charge is 2.44. The number of unbranched alkanes of at least 4 members (excludes halogenated alkanes) is 10. The van der Waals surface area contributed by atoms with E-state index >= 15 is 0 Å². The number of rotatable bonds is 27. The molecular formula is C37H62O10. The van der Waals surface area contributed by atoms with Crippen molar-refractivity contribution in [2.75, 3.05) is 19.8 Å². The topological polar surface area (TPSA) is 152 Å². The summed E-state index contributed by atoms with van der Waals surface area (Å²) >= 11 is 0. The van der Waals surface area contributed by atoms with E-state index in [2.05, 4.69) is 55.5 Å². The minimum absolute atomic E-state index is 0.218. The molecule has 0 aliphatic carbocycles. The summed E-state index contributed by atoms with van der Waals surface area (Å²) in [5.41, 5.74) is 0. The van der Waals surface area contributed by atoms with Gasteiger partial charge < -0.3 is 39.4 Å². The molecule has 0 aromatic rings. The number of ether oxygens (including phenoxy) is 4. The maximum absolute atomic E-state index is 12.4. The standard InChI is InChI=1S/C37H62O10/c1-3-4-5-6-7-8-9-10-11-12-13-14-15-16-17-18-19-20-21-22-23-24-25-26-33(40)46-31(28-44-30(2)39)29-45-37-36(43)35(42)34(41)32(27-38)47-37/h4-5,7-8,10-11,13-14,31-32,34-38,41-43H,3,6,9,12,15-29H2,1-2H3/b5-4-,8-7-,11-10-,14-13-. The molecule has 10 nitrogen and oxygen atoms in total. The summed E-state index contributed by atoms with van der Waals surface area (Å²) in [5, 5.41) is 39.3. The van der Waals surface area contributed by atoms with Gasteiger partial charge >= 0.3 is 11.9 Å². The Morgan fingerprint density at radius 1 is 0.702 bits per heavy atom. The van der Waals surface area contributed by atoms with Crippen molar-refractivity contribution >= 4 is 11.9 Å².